The molecule has 1 saturated heterocycles. The van der Waals surface area contributed by atoms with E-state index in [0.717, 1.165) is 21.9 Å². The number of hydrogen-bond acceptors (Lipinski definition) is 6. The van der Waals surface area contributed by atoms with Crippen molar-refractivity contribution in [2.75, 3.05) is 25.0 Å². The number of ether oxygens (including phenoxy) is 1. The fourth-order valence-electron chi connectivity index (χ4n) is 2.90. The quantitative estimate of drug-likeness (QED) is 0.698. The van der Waals surface area contributed by atoms with E-state index in [1.165, 1.54) is 4.90 Å². The van der Waals surface area contributed by atoms with Crippen LogP contribution in [-0.2, 0) is 9.53 Å². The molecule has 4 rings (SSSR count). The second-order valence-corrected chi connectivity index (χ2v) is 6.01. The van der Waals surface area contributed by atoms with Gasteiger partial charge in [0.05, 0.1) is 25.9 Å². The fraction of sp³-hybridized carbons (Fsp3) is 0.222. The standard InChI is InChI=1S/C18H16N6O2/c19-11-24-3-4-26-16(10-24)18(25)23-17-6-14-5-12(15-8-21-22-9-15)1-2-13(14)7-20-17/h1-2,5-9,16H,3-4,10H2,(H,21,22)(H,20,23,25)/t16-/m1/s1. The molecule has 8 heteroatoms. The SMILES string of the molecule is N#CN1CCO[C@@H](C(=O)Nc2cc3cc(-c4cn[nH]c4)ccc3cn2)C1. The number of amides is 1. The summed E-state index contributed by atoms with van der Waals surface area (Å²) in [6, 6.07) is 7.82. The first-order valence-corrected chi connectivity index (χ1v) is 8.19. The lowest BCUT2D eigenvalue weighted by molar-refractivity contribution is -0.131. The highest BCUT2D eigenvalue weighted by atomic mass is 16.5. The summed E-state index contributed by atoms with van der Waals surface area (Å²) in [4.78, 5) is 18.2. The summed E-state index contributed by atoms with van der Waals surface area (Å²) in [5.41, 5.74) is 2.01. The lowest BCUT2D eigenvalue weighted by Crippen LogP contribution is -2.46. The minimum absolute atomic E-state index is 0.251. The Kier molecular flexibility index (Phi) is 4.21. The third-order valence-electron chi connectivity index (χ3n) is 4.30. The lowest BCUT2D eigenvalue weighted by Gasteiger charge is -2.28. The Bertz CT molecular complexity index is 979. The van der Waals surface area contributed by atoms with Crippen LogP contribution in [0.1, 0.15) is 0 Å². The molecular formula is C18H16N6O2. The van der Waals surface area contributed by atoms with Crippen LogP contribution in [0.15, 0.2) is 42.9 Å². The van der Waals surface area contributed by atoms with E-state index < -0.39 is 6.10 Å². The molecule has 1 amide bonds. The minimum Gasteiger partial charge on any atom is -0.365 e. The number of nitrogens with zero attached hydrogens (tertiary/aromatic N) is 4. The topological polar surface area (TPSA) is 107 Å². The Labute approximate surface area is 149 Å². The molecule has 0 radical (unpaired) electrons. The van der Waals surface area contributed by atoms with Crippen LogP contribution in [0.4, 0.5) is 5.82 Å². The van der Waals surface area contributed by atoms with Crippen LogP contribution in [0.25, 0.3) is 21.9 Å². The molecule has 0 aliphatic carbocycles. The first-order chi connectivity index (χ1) is 12.7. The van der Waals surface area contributed by atoms with Crippen molar-refractivity contribution in [3.05, 3.63) is 42.9 Å². The van der Waals surface area contributed by atoms with Gasteiger partial charge in [-0.3, -0.25) is 9.89 Å². The average Bonchev–Trinajstić information content (AvgIpc) is 3.22. The number of pyridine rings is 1. The van der Waals surface area contributed by atoms with Crippen molar-refractivity contribution in [2.45, 2.75) is 6.10 Å². The Morgan fingerprint density at radius 3 is 3.04 bits per heavy atom. The maximum Gasteiger partial charge on any atom is 0.256 e. The fourth-order valence-corrected chi connectivity index (χ4v) is 2.90. The number of rotatable bonds is 3. The van der Waals surface area contributed by atoms with Crippen LogP contribution in [0.3, 0.4) is 0 Å². The third-order valence-corrected chi connectivity index (χ3v) is 4.30. The molecule has 8 nitrogen and oxygen atoms in total. The molecule has 0 saturated carbocycles. The van der Waals surface area contributed by atoms with Crippen molar-refractivity contribution >= 4 is 22.5 Å². The molecule has 3 heterocycles. The van der Waals surface area contributed by atoms with E-state index >= 15 is 0 Å². The summed E-state index contributed by atoms with van der Waals surface area (Å²) in [5, 5.41) is 20.4. The van der Waals surface area contributed by atoms with Crippen LogP contribution in [0.2, 0.25) is 0 Å². The van der Waals surface area contributed by atoms with E-state index in [-0.39, 0.29) is 12.5 Å². The average molecular weight is 348 g/mol. The Morgan fingerprint density at radius 2 is 2.23 bits per heavy atom. The number of hydrogen-bond donors (Lipinski definition) is 2. The molecule has 2 N–H and O–H groups in total. The maximum absolute atomic E-state index is 12.4. The number of fused-ring (bicyclic) bond motifs is 1. The van der Waals surface area contributed by atoms with Gasteiger partial charge >= 0.3 is 0 Å². The molecular weight excluding hydrogens is 332 g/mol. The predicted molar refractivity (Wildman–Crippen MR) is 94.9 cm³/mol. The van der Waals surface area contributed by atoms with Gasteiger partial charge in [-0.2, -0.15) is 10.4 Å². The normalized spacial score (nSPS) is 17.0. The third kappa shape index (κ3) is 3.20. The van der Waals surface area contributed by atoms with Gasteiger partial charge in [-0.25, -0.2) is 4.98 Å². The number of anilines is 1. The zero-order valence-electron chi connectivity index (χ0n) is 13.8. The highest BCUT2D eigenvalue weighted by Gasteiger charge is 2.26. The van der Waals surface area contributed by atoms with Crippen LogP contribution in [-0.4, -0.2) is 51.8 Å². The smallest absolute Gasteiger partial charge is 0.256 e. The number of aromatic nitrogens is 3. The summed E-state index contributed by atoms with van der Waals surface area (Å²) in [7, 11) is 0. The zero-order chi connectivity index (χ0) is 17.9. The molecule has 2 aromatic heterocycles. The molecule has 1 atom stereocenters. The van der Waals surface area contributed by atoms with Crippen molar-refractivity contribution in [3.8, 4) is 17.3 Å². The van der Waals surface area contributed by atoms with Gasteiger partial charge in [0.15, 0.2) is 12.3 Å². The van der Waals surface area contributed by atoms with Gasteiger partial charge in [0.25, 0.3) is 5.91 Å². The van der Waals surface area contributed by atoms with E-state index in [4.69, 9.17) is 10.00 Å². The Morgan fingerprint density at radius 1 is 1.31 bits per heavy atom. The van der Waals surface area contributed by atoms with E-state index in [9.17, 15) is 4.79 Å². The number of carbonyl (C=O) groups excluding carboxylic acids is 1. The highest BCUT2D eigenvalue weighted by molar-refractivity contribution is 5.96. The molecule has 1 aliphatic rings. The first kappa shape index (κ1) is 16.1. The van der Waals surface area contributed by atoms with Crippen molar-refractivity contribution in [1.29, 1.82) is 5.26 Å². The van der Waals surface area contributed by atoms with E-state index in [1.54, 1.807) is 12.4 Å². The summed E-state index contributed by atoms with van der Waals surface area (Å²) < 4.78 is 5.46. The Hall–Kier alpha value is -3.44. The van der Waals surface area contributed by atoms with Crippen LogP contribution in [0, 0.1) is 11.5 Å². The lowest BCUT2D eigenvalue weighted by atomic mass is 10.1. The molecule has 130 valence electrons. The van der Waals surface area contributed by atoms with Gasteiger partial charge in [0.1, 0.15) is 5.82 Å². The summed E-state index contributed by atoms with van der Waals surface area (Å²) in [6.07, 6.45) is 6.66. The second kappa shape index (κ2) is 6.82. The van der Waals surface area contributed by atoms with E-state index in [0.29, 0.717) is 19.0 Å². The van der Waals surface area contributed by atoms with Crippen molar-refractivity contribution < 1.29 is 9.53 Å². The first-order valence-electron chi connectivity index (χ1n) is 8.19. The van der Waals surface area contributed by atoms with E-state index in [2.05, 4.69) is 20.5 Å². The number of H-pyrrole nitrogens is 1. The number of nitriles is 1. The molecule has 26 heavy (non-hydrogen) atoms. The van der Waals surface area contributed by atoms with Gasteiger partial charge in [0.2, 0.25) is 0 Å². The van der Waals surface area contributed by atoms with Crippen LogP contribution in [0.5, 0.6) is 0 Å². The van der Waals surface area contributed by atoms with Crippen LogP contribution < -0.4 is 5.32 Å². The largest absolute Gasteiger partial charge is 0.365 e. The molecule has 1 aliphatic heterocycles. The van der Waals surface area contributed by atoms with Gasteiger partial charge in [0, 0.05) is 23.3 Å². The minimum atomic E-state index is -0.682. The molecule has 0 unspecified atom stereocenters. The summed E-state index contributed by atoms with van der Waals surface area (Å²) in [5.74, 6) is 0.146. The highest BCUT2D eigenvalue weighted by Crippen LogP contribution is 2.24. The maximum atomic E-state index is 12.4. The van der Waals surface area contributed by atoms with Gasteiger partial charge in [-0.1, -0.05) is 12.1 Å². The van der Waals surface area contributed by atoms with Crippen molar-refractivity contribution in [2.24, 2.45) is 0 Å². The number of morpholine rings is 1. The number of aromatic amines is 1. The van der Waals surface area contributed by atoms with Crippen LogP contribution >= 0.6 is 0 Å². The van der Waals surface area contributed by atoms with Crippen molar-refractivity contribution in [3.63, 3.8) is 0 Å². The van der Waals surface area contributed by atoms with Gasteiger partial charge < -0.3 is 15.0 Å². The second-order valence-electron chi connectivity index (χ2n) is 6.01. The van der Waals surface area contributed by atoms with Gasteiger partial charge in [-0.05, 0) is 23.1 Å². The number of benzene rings is 1. The summed E-state index contributed by atoms with van der Waals surface area (Å²) in [6.45, 7) is 1.11. The molecule has 0 bridgehead atoms. The molecule has 3 aromatic rings. The summed E-state index contributed by atoms with van der Waals surface area (Å²) >= 11 is 0. The monoisotopic (exact) mass is 348 g/mol. The predicted octanol–water partition coefficient (Wildman–Crippen LogP) is 1.75. The molecule has 0 spiro atoms. The number of carbonyl (C=O) groups is 1. The molecule has 1 fully saturated rings. The van der Waals surface area contributed by atoms with Gasteiger partial charge in [-0.15, -0.1) is 0 Å². The van der Waals surface area contributed by atoms with E-state index in [1.807, 2.05) is 36.7 Å². The Balaban J connectivity index is 1.55. The van der Waals surface area contributed by atoms with Crippen molar-refractivity contribution in [1.82, 2.24) is 20.1 Å². The zero-order valence-corrected chi connectivity index (χ0v) is 13.8. The molecule has 1 aromatic carbocycles. The number of nitrogens with one attached hydrogen (secondary N) is 2.